The average molecular weight is 343 g/mol. The van der Waals surface area contributed by atoms with Crippen LogP contribution >= 0.6 is 0 Å². The summed E-state index contributed by atoms with van der Waals surface area (Å²) in [6.07, 6.45) is 3.31. The Morgan fingerprint density at radius 3 is 1.87 bits per heavy atom. The molecule has 0 bridgehead atoms. The normalized spacial score (nSPS) is 10.3. The van der Waals surface area contributed by atoms with E-state index in [9.17, 15) is 9.59 Å². The quantitative estimate of drug-likeness (QED) is 0.542. The highest BCUT2D eigenvalue weighted by Crippen LogP contribution is 2.08. The van der Waals surface area contributed by atoms with Gasteiger partial charge in [-0.2, -0.15) is 0 Å². The molecule has 1 heterocycles. The molecule has 0 spiro atoms. The number of carbonyl (C=O) groups is 2. The number of amides is 1. The number of hydrogen-bond donors (Lipinski definition) is 2. The fourth-order valence-electron chi connectivity index (χ4n) is 1.52. The molecule has 1 aromatic heterocycles. The monoisotopic (exact) mass is 342 g/mol. The molecule has 2 aromatic rings. The summed E-state index contributed by atoms with van der Waals surface area (Å²) in [5.74, 6) is -1.59. The standard InChI is InChI=1S/C13H10N2O3.ClHO4/c16-12(14-15-8-4-1-5-9-15)10-6-2-3-7-11(10)13(17)18;2-1(3,4)5/h1-9H,(H-,14,16,17,18);(H,2,3,4,5). The molecule has 122 valence electrons. The van der Waals surface area contributed by atoms with Crippen LogP contribution in [0.15, 0.2) is 54.9 Å². The van der Waals surface area contributed by atoms with Crippen molar-refractivity contribution in [1.82, 2.24) is 0 Å². The van der Waals surface area contributed by atoms with E-state index < -0.39 is 22.1 Å². The van der Waals surface area contributed by atoms with E-state index in [4.69, 9.17) is 23.7 Å². The summed E-state index contributed by atoms with van der Waals surface area (Å²) in [6.45, 7) is 0. The van der Waals surface area contributed by atoms with Crippen LogP contribution < -0.4 is 28.7 Å². The van der Waals surface area contributed by atoms with Gasteiger partial charge in [-0.05, 0) is 12.1 Å². The maximum Gasteiger partial charge on any atom is 0.336 e. The molecule has 0 saturated carbocycles. The summed E-state index contributed by atoms with van der Waals surface area (Å²) in [5, 5.41) is 8.99. The van der Waals surface area contributed by atoms with E-state index in [0.717, 1.165) is 0 Å². The molecule has 0 aliphatic carbocycles. The Bertz CT molecular complexity index is 668. The van der Waals surface area contributed by atoms with Gasteiger partial charge in [0.15, 0.2) is 12.4 Å². The third-order valence-corrected chi connectivity index (χ3v) is 2.35. The highest BCUT2D eigenvalue weighted by atomic mass is 35.7. The smallest absolute Gasteiger partial charge is 0.336 e. The second-order valence-electron chi connectivity index (χ2n) is 3.95. The lowest BCUT2D eigenvalue weighted by molar-refractivity contribution is -2.00. The molecule has 9 nitrogen and oxygen atoms in total. The Balaban J connectivity index is 0.000000463. The summed E-state index contributed by atoms with van der Waals surface area (Å²) < 4.78 is 35.4. The molecule has 2 N–H and O–H groups in total. The number of aromatic nitrogens is 1. The first kappa shape index (κ1) is 18.5. The first-order valence-electron chi connectivity index (χ1n) is 5.90. The Labute approximate surface area is 132 Å². The summed E-state index contributed by atoms with van der Waals surface area (Å²) in [4.78, 5) is 22.9. The minimum Gasteiger partial charge on any atom is -0.478 e. The van der Waals surface area contributed by atoms with Gasteiger partial charge in [0, 0.05) is 12.1 Å². The molecule has 1 amide bonds. The van der Waals surface area contributed by atoms with E-state index in [1.165, 1.54) is 16.8 Å². The zero-order chi connectivity index (χ0) is 17.5. The van der Waals surface area contributed by atoms with Crippen molar-refractivity contribution in [1.29, 1.82) is 0 Å². The van der Waals surface area contributed by atoms with Gasteiger partial charge in [0.2, 0.25) is 0 Å². The first-order chi connectivity index (χ1) is 10.7. The molecule has 1 aromatic carbocycles. The van der Waals surface area contributed by atoms with Crippen LogP contribution in [0.1, 0.15) is 20.7 Å². The minimum atomic E-state index is -4.94. The number of benzene rings is 1. The first-order valence-corrected chi connectivity index (χ1v) is 7.13. The predicted molar refractivity (Wildman–Crippen MR) is 63.7 cm³/mol. The predicted octanol–water partition coefficient (Wildman–Crippen LogP) is -3.70. The van der Waals surface area contributed by atoms with Crippen molar-refractivity contribution >= 4 is 11.9 Å². The second-order valence-corrected chi connectivity index (χ2v) is 4.71. The van der Waals surface area contributed by atoms with E-state index in [0.29, 0.717) is 0 Å². The van der Waals surface area contributed by atoms with E-state index in [1.54, 1.807) is 36.7 Å². The van der Waals surface area contributed by atoms with E-state index in [-0.39, 0.29) is 11.1 Å². The van der Waals surface area contributed by atoms with Crippen molar-refractivity contribution in [2.45, 2.75) is 0 Å². The van der Waals surface area contributed by atoms with Crippen molar-refractivity contribution in [3.8, 4) is 0 Å². The third kappa shape index (κ3) is 7.31. The summed E-state index contributed by atoms with van der Waals surface area (Å²) in [5.41, 5.74) is 2.67. The highest BCUT2D eigenvalue weighted by Gasteiger charge is 2.17. The number of nitrogens with one attached hydrogen (secondary N) is 1. The van der Waals surface area contributed by atoms with Gasteiger partial charge in [-0.15, -0.1) is 15.7 Å². The number of nitrogens with zero attached hydrogens (tertiary/aromatic N) is 1. The molecule has 0 saturated heterocycles. The van der Waals surface area contributed by atoms with Gasteiger partial charge in [-0.1, -0.05) is 22.9 Å². The summed E-state index contributed by atoms with van der Waals surface area (Å²) in [6, 6.07) is 11.4. The number of carboxylic acids is 1. The van der Waals surface area contributed by atoms with Gasteiger partial charge in [-0.3, -0.25) is 4.79 Å². The average Bonchev–Trinajstić information content (AvgIpc) is 2.46. The van der Waals surface area contributed by atoms with Crippen molar-refractivity contribution in [3.05, 3.63) is 66.0 Å². The van der Waals surface area contributed by atoms with Crippen LogP contribution in [0.4, 0.5) is 0 Å². The Hall–Kier alpha value is -2.56. The lowest BCUT2D eigenvalue weighted by Crippen LogP contribution is -2.68. The highest BCUT2D eigenvalue weighted by molar-refractivity contribution is 6.07. The maximum atomic E-state index is 11.9. The molecule has 0 atom stereocenters. The van der Waals surface area contributed by atoms with E-state index in [1.807, 2.05) is 6.07 Å². The second kappa shape index (κ2) is 8.17. The number of hydrogen-bond acceptors (Lipinski definition) is 6. The fraction of sp³-hybridized carbons (Fsp3) is 0. The van der Waals surface area contributed by atoms with Gasteiger partial charge >= 0.3 is 11.9 Å². The van der Waals surface area contributed by atoms with Crippen LogP contribution in [0.2, 0.25) is 0 Å². The largest absolute Gasteiger partial charge is 0.478 e. The molecule has 23 heavy (non-hydrogen) atoms. The van der Waals surface area contributed by atoms with Crippen molar-refractivity contribution in [2.75, 3.05) is 5.43 Å². The number of carbonyl (C=O) groups excluding carboxylic acids is 1. The number of pyridine rings is 1. The van der Waals surface area contributed by atoms with Crippen molar-refractivity contribution in [2.24, 2.45) is 0 Å². The van der Waals surface area contributed by atoms with Gasteiger partial charge in [0.1, 0.15) is 0 Å². The van der Waals surface area contributed by atoms with Crippen LogP contribution in [0.25, 0.3) is 0 Å². The van der Waals surface area contributed by atoms with Crippen molar-refractivity contribution in [3.63, 3.8) is 0 Å². The molecule has 0 radical (unpaired) electrons. The topological polar surface area (TPSA) is 163 Å². The molecule has 0 aliphatic rings. The zero-order valence-electron chi connectivity index (χ0n) is 11.4. The van der Waals surface area contributed by atoms with Gasteiger partial charge in [-0.25, -0.2) is 23.4 Å². The fourth-order valence-corrected chi connectivity index (χ4v) is 1.52. The molecule has 10 heteroatoms. The Kier molecular flexibility index (Phi) is 6.57. The van der Waals surface area contributed by atoms with Crippen LogP contribution in [0.5, 0.6) is 0 Å². The number of carboxylic acid groups (broad SMARTS) is 1. The third-order valence-electron chi connectivity index (χ3n) is 2.35. The Morgan fingerprint density at radius 1 is 0.913 bits per heavy atom. The van der Waals surface area contributed by atoms with Crippen LogP contribution in [0.3, 0.4) is 0 Å². The van der Waals surface area contributed by atoms with Gasteiger partial charge in [0.25, 0.3) is 0 Å². The van der Waals surface area contributed by atoms with E-state index >= 15 is 0 Å². The molecular weight excluding hydrogens is 332 g/mol. The lowest BCUT2D eigenvalue weighted by atomic mass is 10.1. The summed E-state index contributed by atoms with van der Waals surface area (Å²) in [7, 11) is -4.94. The molecule has 0 aliphatic heterocycles. The minimum absolute atomic E-state index is 0.0217. The van der Waals surface area contributed by atoms with Gasteiger partial charge < -0.3 is 5.11 Å². The summed E-state index contributed by atoms with van der Waals surface area (Å²) >= 11 is 0. The number of halogens is 1. The molecule has 0 unspecified atom stereocenters. The number of rotatable bonds is 3. The lowest BCUT2D eigenvalue weighted by Gasteiger charge is -2.17. The number of aromatic carboxylic acids is 1. The molecule has 2 rings (SSSR count). The van der Waals surface area contributed by atoms with Crippen LogP contribution in [-0.4, -0.2) is 17.0 Å². The van der Waals surface area contributed by atoms with Crippen molar-refractivity contribution < 1.29 is 48.3 Å². The van der Waals surface area contributed by atoms with E-state index in [2.05, 4.69) is 5.43 Å². The SMILES string of the molecule is O=C(O)c1ccccc1C(=O)N[n+]1ccccc1.[O-][Cl+3]([O-])([O-])[O-]. The van der Waals surface area contributed by atoms with Crippen LogP contribution in [0, 0.1) is 10.2 Å². The van der Waals surface area contributed by atoms with Gasteiger partial charge in [0.05, 0.1) is 11.1 Å². The maximum absolute atomic E-state index is 11.9. The van der Waals surface area contributed by atoms with Crippen LogP contribution in [-0.2, 0) is 0 Å². The molecular formula is C13H11ClN2O7. The molecule has 0 fully saturated rings. The Morgan fingerprint density at radius 2 is 1.39 bits per heavy atom. The zero-order valence-corrected chi connectivity index (χ0v) is 12.2.